The number of benzene rings is 1. The highest BCUT2D eigenvalue weighted by molar-refractivity contribution is 7.89. The van der Waals surface area contributed by atoms with E-state index in [4.69, 9.17) is 15.6 Å². The van der Waals surface area contributed by atoms with Gasteiger partial charge in [-0.05, 0) is 25.1 Å². The first kappa shape index (κ1) is 15.2. The van der Waals surface area contributed by atoms with Gasteiger partial charge in [-0.3, -0.25) is 0 Å². The summed E-state index contributed by atoms with van der Waals surface area (Å²) in [5, 5.41) is 9.12. The number of ether oxygens (including phenoxy) is 1. The van der Waals surface area contributed by atoms with Crippen LogP contribution in [0.4, 0.5) is 10.1 Å². The molecule has 0 aromatic heterocycles. The minimum Gasteiger partial charge on any atom is -0.399 e. The van der Waals surface area contributed by atoms with Crippen molar-refractivity contribution in [3.05, 3.63) is 24.0 Å². The normalized spacial score (nSPS) is 24.8. The van der Waals surface area contributed by atoms with E-state index in [-0.39, 0.29) is 36.4 Å². The molecule has 112 valence electrons. The van der Waals surface area contributed by atoms with E-state index >= 15 is 0 Å². The predicted octanol–water partition coefficient (Wildman–Crippen LogP) is 0.178. The van der Waals surface area contributed by atoms with Crippen LogP contribution in [0.25, 0.3) is 0 Å². The fourth-order valence-electron chi connectivity index (χ4n) is 2.18. The molecule has 6 nitrogen and oxygen atoms in total. The molecule has 2 atom stereocenters. The molecular formula is C12H17FN2O4S. The van der Waals surface area contributed by atoms with Crippen molar-refractivity contribution < 1.29 is 22.7 Å². The molecule has 1 aliphatic rings. The average molecular weight is 304 g/mol. The third-order valence-corrected chi connectivity index (χ3v) is 4.84. The zero-order valence-corrected chi connectivity index (χ0v) is 11.8. The fourth-order valence-corrected chi connectivity index (χ4v) is 3.80. The van der Waals surface area contributed by atoms with Crippen LogP contribution < -0.4 is 5.73 Å². The van der Waals surface area contributed by atoms with Gasteiger partial charge < -0.3 is 15.6 Å². The van der Waals surface area contributed by atoms with Crippen molar-refractivity contribution in [1.82, 2.24) is 4.31 Å². The molecule has 20 heavy (non-hydrogen) atoms. The second kappa shape index (κ2) is 5.65. The van der Waals surface area contributed by atoms with Crippen molar-refractivity contribution in [3.8, 4) is 0 Å². The molecule has 0 aliphatic carbocycles. The van der Waals surface area contributed by atoms with Gasteiger partial charge in [0, 0.05) is 18.8 Å². The van der Waals surface area contributed by atoms with Crippen molar-refractivity contribution in [1.29, 1.82) is 0 Å². The Hall–Kier alpha value is -1.22. The quantitative estimate of drug-likeness (QED) is 0.777. The Balaban J connectivity index is 2.34. The smallest absolute Gasteiger partial charge is 0.243 e. The number of rotatable bonds is 3. The Bertz CT molecular complexity index is 573. The van der Waals surface area contributed by atoms with Crippen molar-refractivity contribution >= 4 is 15.7 Å². The minimum atomic E-state index is -3.86. The van der Waals surface area contributed by atoms with E-state index in [2.05, 4.69) is 0 Å². The van der Waals surface area contributed by atoms with Crippen LogP contribution in [0, 0.1) is 5.82 Å². The molecule has 8 heteroatoms. The van der Waals surface area contributed by atoms with Gasteiger partial charge in [0.25, 0.3) is 0 Å². The van der Waals surface area contributed by atoms with Crippen LogP contribution in [-0.4, -0.2) is 49.7 Å². The maximum Gasteiger partial charge on any atom is 0.243 e. The third-order valence-electron chi connectivity index (χ3n) is 3.03. The van der Waals surface area contributed by atoms with Crippen LogP contribution in [-0.2, 0) is 14.8 Å². The number of nitrogens with zero attached hydrogens (tertiary/aromatic N) is 1. The van der Waals surface area contributed by atoms with E-state index < -0.39 is 21.9 Å². The predicted molar refractivity (Wildman–Crippen MR) is 71.0 cm³/mol. The summed E-state index contributed by atoms with van der Waals surface area (Å²) in [7, 11) is -3.86. The second-order valence-corrected chi connectivity index (χ2v) is 6.73. The fraction of sp³-hybridized carbons (Fsp3) is 0.500. The lowest BCUT2D eigenvalue weighted by Crippen LogP contribution is -2.50. The molecular weight excluding hydrogens is 287 g/mol. The maximum atomic E-state index is 13.3. The van der Waals surface area contributed by atoms with Gasteiger partial charge >= 0.3 is 0 Å². The molecule has 0 spiro atoms. The van der Waals surface area contributed by atoms with Gasteiger partial charge in [0.1, 0.15) is 5.82 Å². The first-order chi connectivity index (χ1) is 9.32. The molecule has 1 aromatic rings. The summed E-state index contributed by atoms with van der Waals surface area (Å²) in [5.74, 6) is -0.705. The number of hydrogen-bond acceptors (Lipinski definition) is 5. The highest BCUT2D eigenvalue weighted by Gasteiger charge is 2.33. The van der Waals surface area contributed by atoms with Gasteiger partial charge in [-0.25, -0.2) is 12.8 Å². The number of hydrogen-bond donors (Lipinski definition) is 2. The van der Waals surface area contributed by atoms with E-state index in [1.165, 1.54) is 10.4 Å². The summed E-state index contributed by atoms with van der Waals surface area (Å²) in [5.41, 5.74) is 5.52. The Labute approximate surface area is 117 Å². The van der Waals surface area contributed by atoms with Gasteiger partial charge in [-0.2, -0.15) is 4.31 Å². The number of anilines is 1. The number of nitrogens with two attached hydrogens (primary N) is 1. The highest BCUT2D eigenvalue weighted by Crippen LogP contribution is 2.23. The van der Waals surface area contributed by atoms with E-state index in [1.54, 1.807) is 6.92 Å². The number of morpholine rings is 1. The second-order valence-electron chi connectivity index (χ2n) is 4.79. The number of aliphatic hydroxyl groups is 1. The number of nitrogen functional groups attached to an aromatic ring is 1. The average Bonchev–Trinajstić information content (AvgIpc) is 2.36. The van der Waals surface area contributed by atoms with E-state index in [0.717, 1.165) is 12.1 Å². The molecule has 1 aromatic carbocycles. The van der Waals surface area contributed by atoms with Crippen LogP contribution in [0.1, 0.15) is 6.92 Å². The summed E-state index contributed by atoms with van der Waals surface area (Å²) >= 11 is 0. The SMILES string of the molecule is CC1CN(S(=O)(=O)c2cc(N)cc(F)c2)CC(CO)O1. The van der Waals surface area contributed by atoms with Crippen LogP contribution in [0.3, 0.4) is 0 Å². The molecule has 2 unspecified atom stereocenters. The zero-order chi connectivity index (χ0) is 14.9. The molecule has 3 N–H and O–H groups in total. The van der Waals surface area contributed by atoms with Crippen LogP contribution in [0.5, 0.6) is 0 Å². The Morgan fingerprint density at radius 2 is 2.15 bits per heavy atom. The molecule has 0 amide bonds. The minimum absolute atomic E-state index is 0.0274. The lowest BCUT2D eigenvalue weighted by atomic mass is 10.2. The number of halogens is 1. The van der Waals surface area contributed by atoms with Gasteiger partial charge in [-0.15, -0.1) is 0 Å². The maximum absolute atomic E-state index is 13.3. The van der Waals surface area contributed by atoms with E-state index in [1.807, 2.05) is 0 Å². The standard InChI is InChI=1S/C12H17FN2O4S/c1-8-5-15(6-11(7-16)19-8)20(17,18)12-3-9(13)2-10(14)4-12/h2-4,8,11,16H,5-7,14H2,1H3. The summed E-state index contributed by atoms with van der Waals surface area (Å²) in [6.45, 7) is 1.61. The molecule has 1 fully saturated rings. The summed E-state index contributed by atoms with van der Waals surface area (Å²) in [4.78, 5) is -0.194. The molecule has 0 radical (unpaired) electrons. The number of aliphatic hydroxyl groups excluding tert-OH is 1. The van der Waals surface area contributed by atoms with Crippen molar-refractivity contribution in [3.63, 3.8) is 0 Å². The van der Waals surface area contributed by atoms with Crippen LogP contribution >= 0.6 is 0 Å². The zero-order valence-electron chi connectivity index (χ0n) is 11.0. The molecule has 1 saturated heterocycles. The van der Waals surface area contributed by atoms with Crippen LogP contribution in [0.15, 0.2) is 23.1 Å². The monoisotopic (exact) mass is 304 g/mol. The molecule has 1 heterocycles. The molecule has 2 rings (SSSR count). The lowest BCUT2D eigenvalue weighted by Gasteiger charge is -2.35. The molecule has 0 saturated carbocycles. The lowest BCUT2D eigenvalue weighted by molar-refractivity contribution is -0.0750. The molecule has 0 bridgehead atoms. The Kier molecular flexibility index (Phi) is 4.28. The Morgan fingerprint density at radius 1 is 1.45 bits per heavy atom. The van der Waals surface area contributed by atoms with Gasteiger partial charge in [0.15, 0.2) is 0 Å². The van der Waals surface area contributed by atoms with Gasteiger partial charge in [-0.1, -0.05) is 0 Å². The number of sulfonamides is 1. The molecule has 1 aliphatic heterocycles. The Morgan fingerprint density at radius 3 is 2.75 bits per heavy atom. The first-order valence-corrected chi connectivity index (χ1v) is 7.59. The van der Waals surface area contributed by atoms with E-state index in [0.29, 0.717) is 0 Å². The topological polar surface area (TPSA) is 92.9 Å². The summed E-state index contributed by atoms with van der Waals surface area (Å²) in [6, 6.07) is 3.20. The van der Waals surface area contributed by atoms with Crippen molar-refractivity contribution in [2.24, 2.45) is 0 Å². The van der Waals surface area contributed by atoms with Gasteiger partial charge in [0.05, 0.1) is 23.7 Å². The first-order valence-electron chi connectivity index (χ1n) is 6.15. The van der Waals surface area contributed by atoms with E-state index in [9.17, 15) is 12.8 Å². The highest BCUT2D eigenvalue weighted by atomic mass is 32.2. The summed E-state index contributed by atoms with van der Waals surface area (Å²) < 4.78 is 44.8. The van der Waals surface area contributed by atoms with Crippen LogP contribution in [0.2, 0.25) is 0 Å². The van der Waals surface area contributed by atoms with Crippen molar-refractivity contribution in [2.75, 3.05) is 25.4 Å². The third kappa shape index (κ3) is 3.09. The van der Waals surface area contributed by atoms with Crippen molar-refractivity contribution in [2.45, 2.75) is 24.0 Å². The largest absolute Gasteiger partial charge is 0.399 e. The summed E-state index contributed by atoms with van der Waals surface area (Å²) in [6.07, 6.45) is -0.930. The van der Waals surface area contributed by atoms with Gasteiger partial charge in [0.2, 0.25) is 10.0 Å².